The smallest absolute Gasteiger partial charge is 0.337 e. The van der Waals surface area contributed by atoms with Crippen LogP contribution in [-0.2, 0) is 35.7 Å². The lowest BCUT2D eigenvalue weighted by Gasteiger charge is -2.09. The van der Waals surface area contributed by atoms with Gasteiger partial charge in [0.15, 0.2) is 0 Å². The molecular weight excluding hydrogens is 741 g/mol. The molecule has 0 unspecified atom stereocenters. The molecule has 0 aliphatic carbocycles. The maximum absolute atomic E-state index is 13.1. The van der Waals surface area contributed by atoms with E-state index in [4.69, 9.17) is 9.47 Å². The molecule has 4 aromatic heterocycles. The molecule has 3 aromatic carbocycles. The minimum atomic E-state index is -0.405. The Bertz CT molecular complexity index is 2410. The molecule has 0 saturated heterocycles. The monoisotopic (exact) mass is 776 g/mol. The van der Waals surface area contributed by atoms with Crippen molar-refractivity contribution in [3.63, 3.8) is 0 Å². The van der Waals surface area contributed by atoms with Gasteiger partial charge in [0.1, 0.15) is 22.8 Å². The van der Waals surface area contributed by atoms with E-state index in [2.05, 4.69) is 41.2 Å². The Kier molecular flexibility index (Phi) is 11.7. The number of aromatic nitrogens is 8. The Morgan fingerprint density at radius 3 is 1.34 bits per heavy atom. The number of ether oxygens (including phenoxy) is 2. The summed E-state index contributed by atoms with van der Waals surface area (Å²) >= 11 is 0. The minimum absolute atomic E-state index is 0.220. The van der Waals surface area contributed by atoms with Gasteiger partial charge in [-0.25, -0.2) is 28.9 Å². The van der Waals surface area contributed by atoms with E-state index in [1.54, 1.807) is 82.4 Å². The maximum atomic E-state index is 13.1. The first kappa shape index (κ1) is 38.4. The highest BCUT2D eigenvalue weighted by atomic mass is 16.5. The van der Waals surface area contributed by atoms with Gasteiger partial charge < -0.3 is 20.1 Å². The molecule has 0 atom stereocenters. The zero-order chi connectivity index (χ0) is 40.4. The summed E-state index contributed by atoms with van der Waals surface area (Å²) in [5.41, 5.74) is 6.84. The predicted octanol–water partition coefficient (Wildman–Crippen LogP) is 4.52. The summed E-state index contributed by atoms with van der Waals surface area (Å²) in [5.74, 6) is -1.53. The topological polar surface area (TPSA) is 198 Å². The van der Waals surface area contributed by atoms with Crippen molar-refractivity contribution in [3.05, 3.63) is 166 Å². The lowest BCUT2D eigenvalue weighted by atomic mass is 10.1. The Morgan fingerprint density at radius 2 is 0.931 bits per heavy atom. The van der Waals surface area contributed by atoms with Gasteiger partial charge in [0.2, 0.25) is 0 Å². The fraction of sp³-hybridized carbons (Fsp3) is 0.143. The van der Waals surface area contributed by atoms with Crippen LogP contribution < -0.4 is 10.6 Å². The van der Waals surface area contributed by atoms with Gasteiger partial charge in [-0.3, -0.25) is 9.59 Å². The number of nitrogens with one attached hydrogen (secondary N) is 2. The molecule has 0 radical (unpaired) electrons. The van der Waals surface area contributed by atoms with E-state index < -0.39 is 11.9 Å². The molecule has 16 heteroatoms. The molecule has 4 heterocycles. The van der Waals surface area contributed by atoms with Crippen molar-refractivity contribution >= 4 is 23.8 Å². The summed E-state index contributed by atoms with van der Waals surface area (Å²) in [6.45, 7) is 1.32. The number of rotatable bonds is 14. The van der Waals surface area contributed by atoms with Crippen LogP contribution in [0.4, 0.5) is 0 Å². The van der Waals surface area contributed by atoms with Crippen LogP contribution in [-0.4, -0.2) is 77.9 Å². The van der Waals surface area contributed by atoms with Crippen molar-refractivity contribution in [1.29, 1.82) is 0 Å². The van der Waals surface area contributed by atoms with Crippen molar-refractivity contribution in [2.75, 3.05) is 14.2 Å². The van der Waals surface area contributed by atoms with Crippen LogP contribution >= 0.6 is 0 Å². The quantitative estimate of drug-likeness (QED) is 0.147. The van der Waals surface area contributed by atoms with Crippen LogP contribution in [0.1, 0.15) is 63.9 Å². The first-order valence-electron chi connectivity index (χ1n) is 18.0. The molecular formula is C42H36N10O6. The van der Waals surface area contributed by atoms with Gasteiger partial charge in [-0.1, -0.05) is 71.1 Å². The summed E-state index contributed by atoms with van der Waals surface area (Å²) in [7, 11) is 2.67. The number of hydrogen-bond acceptors (Lipinski definition) is 12. The van der Waals surface area contributed by atoms with E-state index in [-0.39, 0.29) is 36.3 Å². The average Bonchev–Trinajstić information content (AvgIpc) is 3.95. The molecule has 7 aromatic rings. The summed E-state index contributed by atoms with van der Waals surface area (Å²) in [6, 6.07) is 31.8. The fourth-order valence-corrected chi connectivity index (χ4v) is 5.89. The molecule has 58 heavy (non-hydrogen) atoms. The standard InChI is InChI=1S/C42H36N10O6/c1-57-41(55)31-16-12-27(13-17-31)23-51-25-37(47-49-51)33-8-4-10-35(45-33)39(53)43-21-29-6-3-7-30(20-29)22-44-40(54)36-11-5-9-34(46-36)38-26-52(50-48-38)24-28-14-18-32(19-15-28)42(56)58-2/h3-20,25-26H,21-24H2,1-2H3,(H,43,53)(H,44,54). The molecule has 0 saturated carbocycles. The molecule has 0 spiro atoms. The number of benzene rings is 3. The Morgan fingerprint density at radius 1 is 0.517 bits per heavy atom. The first-order valence-corrected chi connectivity index (χ1v) is 18.0. The summed E-state index contributed by atoms with van der Waals surface area (Å²) in [4.78, 5) is 58.7. The van der Waals surface area contributed by atoms with Crippen LogP contribution in [0.25, 0.3) is 22.8 Å². The van der Waals surface area contributed by atoms with Gasteiger partial charge in [-0.15, -0.1) is 10.2 Å². The van der Waals surface area contributed by atoms with Crippen molar-refractivity contribution < 1.29 is 28.7 Å². The van der Waals surface area contributed by atoms with Crippen molar-refractivity contribution in [2.24, 2.45) is 0 Å². The fourth-order valence-electron chi connectivity index (χ4n) is 5.89. The Hall–Kier alpha value is -7.88. The second-order valence-electron chi connectivity index (χ2n) is 13.0. The average molecular weight is 777 g/mol. The number of nitrogens with zero attached hydrogens (tertiary/aromatic N) is 8. The van der Waals surface area contributed by atoms with Crippen molar-refractivity contribution in [3.8, 4) is 22.8 Å². The molecule has 2 N–H and O–H groups in total. The Balaban J connectivity index is 0.906. The van der Waals surface area contributed by atoms with Gasteiger partial charge in [-0.05, 0) is 70.8 Å². The minimum Gasteiger partial charge on any atom is -0.465 e. The van der Waals surface area contributed by atoms with Gasteiger partial charge >= 0.3 is 11.9 Å². The molecule has 2 amide bonds. The third-order valence-electron chi connectivity index (χ3n) is 8.90. The van der Waals surface area contributed by atoms with E-state index in [1.165, 1.54) is 14.2 Å². The second kappa shape index (κ2) is 17.7. The van der Waals surface area contributed by atoms with Gasteiger partial charge in [0.05, 0.1) is 62.2 Å². The number of amides is 2. The van der Waals surface area contributed by atoms with Crippen LogP contribution in [0.15, 0.2) is 122 Å². The van der Waals surface area contributed by atoms with Gasteiger partial charge in [-0.2, -0.15) is 0 Å². The van der Waals surface area contributed by atoms with E-state index in [0.717, 1.165) is 22.3 Å². The molecule has 0 aliphatic rings. The van der Waals surface area contributed by atoms with E-state index in [1.807, 2.05) is 48.5 Å². The zero-order valence-corrected chi connectivity index (χ0v) is 31.4. The summed E-state index contributed by atoms with van der Waals surface area (Å²) in [5, 5.41) is 22.7. The maximum Gasteiger partial charge on any atom is 0.337 e. The van der Waals surface area contributed by atoms with Crippen LogP contribution in [0.3, 0.4) is 0 Å². The molecule has 290 valence electrons. The summed E-state index contributed by atoms with van der Waals surface area (Å²) in [6.07, 6.45) is 3.47. The normalized spacial score (nSPS) is 10.8. The first-order chi connectivity index (χ1) is 28.2. The third-order valence-corrected chi connectivity index (χ3v) is 8.90. The SMILES string of the molecule is COC(=O)c1ccc(Cn2cc(-c3cccc(C(=O)NCc4cccc(CNC(=O)c5cccc(-c6cn(Cc7ccc(C(=O)OC)cc7)nn6)n5)c4)n3)nn2)cc1. The van der Waals surface area contributed by atoms with E-state index in [0.29, 0.717) is 47.0 Å². The number of carbonyl (C=O) groups excluding carboxylic acids is 4. The number of pyridine rings is 2. The molecule has 0 aliphatic heterocycles. The molecule has 7 rings (SSSR count). The largest absolute Gasteiger partial charge is 0.465 e. The predicted molar refractivity (Wildman–Crippen MR) is 209 cm³/mol. The number of hydrogen-bond donors (Lipinski definition) is 2. The van der Waals surface area contributed by atoms with E-state index in [9.17, 15) is 19.2 Å². The summed E-state index contributed by atoms with van der Waals surface area (Å²) < 4.78 is 12.8. The zero-order valence-electron chi connectivity index (χ0n) is 31.4. The highest BCUT2D eigenvalue weighted by Gasteiger charge is 2.14. The lowest BCUT2D eigenvalue weighted by Crippen LogP contribution is -2.25. The number of esters is 2. The lowest BCUT2D eigenvalue weighted by molar-refractivity contribution is 0.0592. The van der Waals surface area contributed by atoms with Gasteiger partial charge in [0, 0.05) is 13.1 Å². The third kappa shape index (κ3) is 9.49. The van der Waals surface area contributed by atoms with Crippen molar-refractivity contribution in [2.45, 2.75) is 26.2 Å². The number of methoxy groups -OCH3 is 2. The van der Waals surface area contributed by atoms with Gasteiger partial charge in [0.25, 0.3) is 11.8 Å². The Labute approximate surface area is 331 Å². The highest BCUT2D eigenvalue weighted by Crippen LogP contribution is 2.17. The van der Waals surface area contributed by atoms with Crippen molar-refractivity contribution in [1.82, 2.24) is 50.6 Å². The van der Waals surface area contributed by atoms with Crippen LogP contribution in [0.2, 0.25) is 0 Å². The molecule has 0 bridgehead atoms. The molecule has 16 nitrogen and oxygen atoms in total. The van der Waals surface area contributed by atoms with E-state index >= 15 is 0 Å². The van der Waals surface area contributed by atoms with Crippen LogP contribution in [0.5, 0.6) is 0 Å². The second-order valence-corrected chi connectivity index (χ2v) is 13.0. The highest BCUT2D eigenvalue weighted by molar-refractivity contribution is 5.93. The van der Waals surface area contributed by atoms with Crippen LogP contribution in [0, 0.1) is 0 Å². The number of carbonyl (C=O) groups is 4. The molecule has 0 fully saturated rings.